The van der Waals surface area contributed by atoms with Gasteiger partial charge in [-0.15, -0.1) is 0 Å². The monoisotopic (exact) mass is 366 g/mol. The van der Waals surface area contributed by atoms with Crippen LogP contribution in [0.5, 0.6) is 0 Å². The van der Waals surface area contributed by atoms with Gasteiger partial charge in [0.1, 0.15) is 0 Å². The van der Waals surface area contributed by atoms with Crippen molar-refractivity contribution in [1.29, 1.82) is 0 Å². The van der Waals surface area contributed by atoms with Crippen molar-refractivity contribution in [3.05, 3.63) is 34.4 Å². The van der Waals surface area contributed by atoms with E-state index in [4.69, 9.17) is 5.11 Å². The summed E-state index contributed by atoms with van der Waals surface area (Å²) in [7, 11) is 0. The van der Waals surface area contributed by atoms with Crippen molar-refractivity contribution in [3.63, 3.8) is 0 Å². The number of aromatic amines is 1. The number of hydrogen-bond donors (Lipinski definition) is 3. The zero-order chi connectivity index (χ0) is 16.5. The fourth-order valence-corrected chi connectivity index (χ4v) is 2.93. The molecule has 1 amide bonds. The van der Waals surface area contributed by atoms with Crippen LogP contribution in [0.2, 0.25) is 0 Å². The number of aliphatic carboxylic acids is 1. The topological polar surface area (TPSA) is 82.2 Å². The fourth-order valence-electron chi connectivity index (χ4n) is 2.35. The van der Waals surface area contributed by atoms with Crippen LogP contribution in [0.15, 0.2) is 28.9 Å². The van der Waals surface area contributed by atoms with Crippen LogP contribution in [0.4, 0.5) is 0 Å². The molecule has 6 heteroatoms. The summed E-state index contributed by atoms with van der Waals surface area (Å²) in [6, 6.07) is 5.63. The van der Waals surface area contributed by atoms with Crippen LogP contribution in [0, 0.1) is 5.92 Å². The van der Waals surface area contributed by atoms with Gasteiger partial charge in [-0.05, 0) is 25.0 Å². The van der Waals surface area contributed by atoms with Crippen LogP contribution < -0.4 is 5.32 Å². The zero-order valence-corrected chi connectivity index (χ0v) is 14.3. The van der Waals surface area contributed by atoms with Gasteiger partial charge in [-0.3, -0.25) is 9.59 Å². The van der Waals surface area contributed by atoms with E-state index in [2.05, 4.69) is 26.2 Å². The molecule has 0 spiro atoms. The van der Waals surface area contributed by atoms with Gasteiger partial charge in [0.25, 0.3) is 5.91 Å². The SMILES string of the molecule is CC(C)C(C)(CC(=O)O)NC(=O)c1c[nH]c2cccc(Br)c12. The first-order valence-electron chi connectivity index (χ1n) is 7.04. The molecule has 22 heavy (non-hydrogen) atoms. The van der Waals surface area contributed by atoms with Crippen LogP contribution >= 0.6 is 15.9 Å². The molecule has 118 valence electrons. The molecule has 0 bridgehead atoms. The van der Waals surface area contributed by atoms with Crippen molar-refractivity contribution in [1.82, 2.24) is 10.3 Å². The smallest absolute Gasteiger partial charge is 0.305 e. The molecule has 1 atom stereocenters. The van der Waals surface area contributed by atoms with E-state index in [1.54, 1.807) is 13.1 Å². The lowest BCUT2D eigenvalue weighted by molar-refractivity contribution is -0.138. The van der Waals surface area contributed by atoms with Crippen molar-refractivity contribution in [2.75, 3.05) is 0 Å². The number of benzene rings is 1. The predicted octanol–water partition coefficient (Wildman–Crippen LogP) is 3.55. The highest BCUT2D eigenvalue weighted by molar-refractivity contribution is 9.10. The summed E-state index contributed by atoms with van der Waals surface area (Å²) in [5.41, 5.74) is 0.539. The molecule has 0 aliphatic rings. The van der Waals surface area contributed by atoms with E-state index in [-0.39, 0.29) is 18.2 Å². The molecule has 1 aromatic carbocycles. The minimum absolute atomic E-state index is 0.0128. The van der Waals surface area contributed by atoms with Crippen LogP contribution in [0.25, 0.3) is 10.9 Å². The Morgan fingerprint density at radius 3 is 2.68 bits per heavy atom. The molecule has 0 aliphatic carbocycles. The maximum atomic E-state index is 12.6. The van der Waals surface area contributed by atoms with Gasteiger partial charge in [0.15, 0.2) is 0 Å². The average molecular weight is 367 g/mol. The first kappa shape index (κ1) is 16.5. The Balaban J connectivity index is 2.36. The van der Waals surface area contributed by atoms with Crippen LogP contribution in [-0.4, -0.2) is 27.5 Å². The Hall–Kier alpha value is -1.82. The van der Waals surface area contributed by atoms with E-state index in [0.717, 1.165) is 15.4 Å². The Morgan fingerprint density at radius 1 is 1.41 bits per heavy atom. The number of carbonyl (C=O) groups excluding carboxylic acids is 1. The van der Waals surface area contributed by atoms with Crippen molar-refractivity contribution in [2.45, 2.75) is 32.7 Å². The maximum absolute atomic E-state index is 12.6. The molecule has 0 saturated carbocycles. The summed E-state index contributed by atoms with van der Waals surface area (Å²) in [6.45, 7) is 5.55. The van der Waals surface area contributed by atoms with Crippen LogP contribution in [0.3, 0.4) is 0 Å². The molecular weight excluding hydrogens is 348 g/mol. The molecule has 0 saturated heterocycles. The molecular formula is C16H19BrN2O3. The minimum Gasteiger partial charge on any atom is -0.481 e. The van der Waals surface area contributed by atoms with Gasteiger partial charge in [0.05, 0.1) is 17.5 Å². The van der Waals surface area contributed by atoms with Gasteiger partial charge in [0.2, 0.25) is 0 Å². The summed E-state index contributed by atoms with van der Waals surface area (Å²) < 4.78 is 0.820. The molecule has 0 fully saturated rings. The molecule has 5 nitrogen and oxygen atoms in total. The standard InChI is InChI=1S/C16H19BrN2O3/c1-9(2)16(3,7-13(20)21)19-15(22)10-8-18-12-6-4-5-11(17)14(10)12/h4-6,8-9,18H,7H2,1-3H3,(H,19,22)(H,20,21). The second-order valence-corrected chi connectivity index (χ2v) is 6.82. The van der Waals surface area contributed by atoms with Gasteiger partial charge in [0, 0.05) is 21.6 Å². The highest BCUT2D eigenvalue weighted by Crippen LogP contribution is 2.28. The first-order chi connectivity index (χ1) is 10.2. The van der Waals surface area contributed by atoms with E-state index in [1.807, 2.05) is 32.0 Å². The number of H-pyrrole nitrogens is 1. The number of hydrogen-bond acceptors (Lipinski definition) is 2. The van der Waals surface area contributed by atoms with Crippen LogP contribution in [0.1, 0.15) is 37.6 Å². The number of carbonyl (C=O) groups is 2. The Morgan fingerprint density at radius 2 is 2.09 bits per heavy atom. The van der Waals surface area contributed by atoms with E-state index in [9.17, 15) is 9.59 Å². The number of aromatic nitrogens is 1. The Labute approximate surface area is 137 Å². The minimum atomic E-state index is -0.934. The summed E-state index contributed by atoms with van der Waals surface area (Å²) in [5.74, 6) is -1.23. The molecule has 3 N–H and O–H groups in total. The van der Waals surface area contributed by atoms with Crippen molar-refractivity contribution >= 4 is 38.7 Å². The normalized spacial score (nSPS) is 14.0. The Bertz CT molecular complexity index is 723. The third-order valence-corrected chi connectivity index (χ3v) is 4.75. The number of amides is 1. The summed E-state index contributed by atoms with van der Waals surface area (Å²) in [4.78, 5) is 26.8. The highest BCUT2D eigenvalue weighted by Gasteiger charge is 2.33. The number of carboxylic acids is 1. The quantitative estimate of drug-likeness (QED) is 0.756. The van der Waals surface area contributed by atoms with E-state index < -0.39 is 11.5 Å². The maximum Gasteiger partial charge on any atom is 0.305 e. The number of fused-ring (bicyclic) bond motifs is 1. The average Bonchev–Trinajstić information content (AvgIpc) is 2.82. The van der Waals surface area contributed by atoms with Gasteiger partial charge >= 0.3 is 5.97 Å². The number of carboxylic acid groups (broad SMARTS) is 1. The number of halogens is 1. The van der Waals surface area contributed by atoms with Crippen molar-refractivity contribution in [2.24, 2.45) is 5.92 Å². The van der Waals surface area contributed by atoms with Crippen LogP contribution in [-0.2, 0) is 4.79 Å². The molecule has 1 unspecified atom stereocenters. The zero-order valence-electron chi connectivity index (χ0n) is 12.7. The highest BCUT2D eigenvalue weighted by atomic mass is 79.9. The van der Waals surface area contributed by atoms with E-state index in [1.165, 1.54) is 0 Å². The third-order valence-electron chi connectivity index (χ3n) is 4.09. The summed E-state index contributed by atoms with van der Waals surface area (Å²) in [5, 5.41) is 12.8. The second-order valence-electron chi connectivity index (χ2n) is 5.96. The summed E-state index contributed by atoms with van der Waals surface area (Å²) in [6.07, 6.45) is 1.52. The van der Waals surface area contributed by atoms with Gasteiger partial charge in [-0.2, -0.15) is 0 Å². The van der Waals surface area contributed by atoms with Crippen molar-refractivity contribution in [3.8, 4) is 0 Å². The second kappa shape index (κ2) is 6.12. The molecule has 0 radical (unpaired) electrons. The van der Waals surface area contributed by atoms with Gasteiger partial charge in [-0.25, -0.2) is 0 Å². The molecule has 1 heterocycles. The largest absolute Gasteiger partial charge is 0.481 e. The van der Waals surface area contributed by atoms with Crippen molar-refractivity contribution < 1.29 is 14.7 Å². The molecule has 0 aliphatic heterocycles. The lowest BCUT2D eigenvalue weighted by Crippen LogP contribution is -2.51. The molecule has 2 rings (SSSR count). The lowest BCUT2D eigenvalue weighted by Gasteiger charge is -2.33. The number of nitrogens with one attached hydrogen (secondary N) is 2. The van der Waals surface area contributed by atoms with Gasteiger partial charge in [-0.1, -0.05) is 35.8 Å². The fraction of sp³-hybridized carbons (Fsp3) is 0.375. The first-order valence-corrected chi connectivity index (χ1v) is 7.84. The number of rotatable bonds is 5. The lowest BCUT2D eigenvalue weighted by atomic mass is 9.85. The van der Waals surface area contributed by atoms with E-state index in [0.29, 0.717) is 5.56 Å². The molecule has 1 aromatic heterocycles. The summed E-state index contributed by atoms with van der Waals surface area (Å²) >= 11 is 3.45. The predicted molar refractivity (Wildman–Crippen MR) is 89.0 cm³/mol. The molecule has 2 aromatic rings. The van der Waals surface area contributed by atoms with E-state index >= 15 is 0 Å². The Kier molecular flexibility index (Phi) is 4.60. The third kappa shape index (κ3) is 3.16. The van der Waals surface area contributed by atoms with Gasteiger partial charge < -0.3 is 15.4 Å².